The second-order valence-corrected chi connectivity index (χ2v) is 6.09. The van der Waals surface area contributed by atoms with Crippen molar-refractivity contribution in [3.05, 3.63) is 30.6 Å². The summed E-state index contributed by atoms with van der Waals surface area (Å²) in [5.41, 5.74) is 0.607. The molecule has 1 atom stereocenters. The van der Waals surface area contributed by atoms with Gasteiger partial charge < -0.3 is 10.1 Å². The Morgan fingerprint density at radius 1 is 1.36 bits per heavy atom. The number of nitrogens with zero attached hydrogens (tertiary/aromatic N) is 7. The van der Waals surface area contributed by atoms with Crippen LogP contribution in [0, 0.1) is 5.92 Å². The Balaban J connectivity index is 1.62. The molecule has 10 heteroatoms. The van der Waals surface area contributed by atoms with Crippen LogP contribution in [0.3, 0.4) is 0 Å². The van der Waals surface area contributed by atoms with Crippen molar-refractivity contribution in [3.63, 3.8) is 0 Å². The largest absolute Gasteiger partial charge is 0.467 e. The Hall–Kier alpha value is -3.04. The molecular weight excluding hydrogens is 324 g/mol. The normalized spacial score (nSPS) is 12.5. The first-order chi connectivity index (χ1) is 12.0. The molecule has 0 aliphatic rings. The molecule has 0 bridgehead atoms. The van der Waals surface area contributed by atoms with Gasteiger partial charge in [0.2, 0.25) is 5.88 Å². The molecule has 0 radical (unpaired) electrons. The molecule has 3 rings (SSSR count). The van der Waals surface area contributed by atoms with E-state index in [0.717, 1.165) is 6.42 Å². The summed E-state index contributed by atoms with van der Waals surface area (Å²) in [6.45, 7) is 4.03. The Labute approximate surface area is 144 Å². The number of carbonyl (C=O) groups excluding carboxylic acids is 1. The minimum Gasteiger partial charge on any atom is -0.467 e. The van der Waals surface area contributed by atoms with E-state index in [1.807, 2.05) is 0 Å². The number of hydrogen-bond acceptors (Lipinski definition) is 7. The molecule has 10 nitrogen and oxygen atoms in total. The van der Waals surface area contributed by atoms with Gasteiger partial charge in [0.1, 0.15) is 18.5 Å². The zero-order valence-electron chi connectivity index (χ0n) is 14.3. The van der Waals surface area contributed by atoms with Gasteiger partial charge in [-0.1, -0.05) is 13.8 Å². The van der Waals surface area contributed by atoms with E-state index < -0.39 is 0 Å². The van der Waals surface area contributed by atoms with Crippen LogP contribution in [0.15, 0.2) is 24.8 Å². The molecule has 0 aliphatic carbocycles. The number of rotatable bonds is 7. The smallest absolute Gasteiger partial charge is 0.258 e. The molecule has 0 fully saturated rings. The third-order valence-corrected chi connectivity index (χ3v) is 3.59. The maximum absolute atomic E-state index is 12.3. The van der Waals surface area contributed by atoms with E-state index in [0.29, 0.717) is 23.3 Å². The highest BCUT2D eigenvalue weighted by molar-refractivity contribution is 5.77. The number of amides is 1. The molecule has 25 heavy (non-hydrogen) atoms. The summed E-state index contributed by atoms with van der Waals surface area (Å²) in [7, 11) is 1.80. The van der Waals surface area contributed by atoms with E-state index in [-0.39, 0.29) is 18.6 Å². The summed E-state index contributed by atoms with van der Waals surface area (Å²) in [5, 5.41) is 18.8. The average molecular weight is 344 g/mol. The molecule has 0 aliphatic heterocycles. The lowest BCUT2D eigenvalue weighted by Crippen LogP contribution is -2.34. The van der Waals surface area contributed by atoms with Crippen LogP contribution in [-0.4, -0.2) is 47.1 Å². The standard InChI is InChI=1S/C15H20N8O2/c1-10(2)6-11(15-16-8-18-22(15)3)19-13(24)7-25-14-5-4-12-20-17-9-23(12)21-14/h4-5,8-11H,6-7H2,1-3H3,(H,19,24). The molecule has 3 aromatic rings. The summed E-state index contributed by atoms with van der Waals surface area (Å²) in [4.78, 5) is 16.5. The lowest BCUT2D eigenvalue weighted by Gasteiger charge is -2.19. The maximum Gasteiger partial charge on any atom is 0.258 e. The van der Waals surface area contributed by atoms with Gasteiger partial charge in [-0.05, 0) is 18.4 Å². The minimum absolute atomic E-state index is 0.146. The van der Waals surface area contributed by atoms with Gasteiger partial charge in [0.25, 0.3) is 5.91 Å². The van der Waals surface area contributed by atoms with Gasteiger partial charge in [-0.3, -0.25) is 9.48 Å². The Bertz CT molecular complexity index is 856. The predicted octanol–water partition coefficient (Wildman–Crippen LogP) is 0.535. The summed E-state index contributed by atoms with van der Waals surface area (Å²) in [6, 6.07) is 3.14. The fourth-order valence-corrected chi connectivity index (χ4v) is 2.48. The first-order valence-electron chi connectivity index (χ1n) is 7.96. The number of ether oxygens (including phenoxy) is 1. The van der Waals surface area contributed by atoms with E-state index in [2.05, 4.69) is 44.5 Å². The molecule has 0 saturated heterocycles. The number of aryl methyl sites for hydroxylation is 1. The van der Waals surface area contributed by atoms with Gasteiger partial charge in [-0.2, -0.15) is 9.61 Å². The molecule has 3 aromatic heterocycles. The molecule has 1 unspecified atom stereocenters. The van der Waals surface area contributed by atoms with Crippen LogP contribution >= 0.6 is 0 Å². The summed E-state index contributed by atoms with van der Waals surface area (Å²) in [5.74, 6) is 1.17. The van der Waals surface area contributed by atoms with Crippen LogP contribution in [0.25, 0.3) is 5.65 Å². The monoisotopic (exact) mass is 344 g/mol. The van der Waals surface area contributed by atoms with Crippen LogP contribution < -0.4 is 10.1 Å². The van der Waals surface area contributed by atoms with Gasteiger partial charge in [-0.15, -0.1) is 15.3 Å². The lowest BCUT2D eigenvalue weighted by molar-refractivity contribution is -0.124. The molecule has 1 N–H and O–H groups in total. The number of fused-ring (bicyclic) bond motifs is 1. The second-order valence-electron chi connectivity index (χ2n) is 6.09. The number of hydrogen-bond donors (Lipinski definition) is 1. The molecule has 0 aromatic carbocycles. The van der Waals surface area contributed by atoms with Crippen LogP contribution in [0.1, 0.15) is 32.1 Å². The van der Waals surface area contributed by atoms with Crippen molar-refractivity contribution in [2.75, 3.05) is 6.61 Å². The highest BCUT2D eigenvalue weighted by Crippen LogP contribution is 2.18. The fourth-order valence-electron chi connectivity index (χ4n) is 2.48. The van der Waals surface area contributed by atoms with Gasteiger partial charge in [0.05, 0.1) is 6.04 Å². The number of nitrogens with one attached hydrogen (secondary N) is 1. The average Bonchev–Trinajstić information content (AvgIpc) is 3.19. The Morgan fingerprint density at radius 3 is 2.92 bits per heavy atom. The van der Waals surface area contributed by atoms with E-state index in [9.17, 15) is 4.79 Å². The number of carbonyl (C=O) groups is 1. The lowest BCUT2D eigenvalue weighted by atomic mass is 10.0. The van der Waals surface area contributed by atoms with Crippen molar-refractivity contribution in [2.24, 2.45) is 13.0 Å². The fraction of sp³-hybridized carbons (Fsp3) is 0.467. The topological polar surface area (TPSA) is 112 Å². The third kappa shape index (κ3) is 4.08. The van der Waals surface area contributed by atoms with Gasteiger partial charge in [0.15, 0.2) is 12.3 Å². The van der Waals surface area contributed by atoms with Crippen LogP contribution in [0.2, 0.25) is 0 Å². The van der Waals surface area contributed by atoms with E-state index in [1.165, 1.54) is 17.2 Å². The molecule has 132 valence electrons. The summed E-state index contributed by atoms with van der Waals surface area (Å²) in [6.07, 6.45) is 3.70. The van der Waals surface area contributed by atoms with Crippen molar-refractivity contribution in [3.8, 4) is 5.88 Å². The Morgan fingerprint density at radius 2 is 2.20 bits per heavy atom. The van der Waals surface area contributed by atoms with Crippen molar-refractivity contribution >= 4 is 11.6 Å². The SMILES string of the molecule is CC(C)CC(NC(=O)COc1ccc2nncn2n1)c1ncnn1C. The van der Waals surface area contributed by atoms with Gasteiger partial charge in [-0.25, -0.2) is 4.98 Å². The van der Waals surface area contributed by atoms with E-state index >= 15 is 0 Å². The summed E-state index contributed by atoms with van der Waals surface area (Å²) >= 11 is 0. The van der Waals surface area contributed by atoms with Crippen LogP contribution in [-0.2, 0) is 11.8 Å². The van der Waals surface area contributed by atoms with E-state index in [1.54, 1.807) is 23.9 Å². The first kappa shape index (κ1) is 16.8. The number of aromatic nitrogens is 7. The van der Waals surface area contributed by atoms with Gasteiger partial charge >= 0.3 is 0 Å². The molecular formula is C15H20N8O2. The van der Waals surface area contributed by atoms with Crippen molar-refractivity contribution < 1.29 is 9.53 Å². The Kier molecular flexibility index (Phi) is 4.87. The third-order valence-electron chi connectivity index (χ3n) is 3.59. The molecule has 0 spiro atoms. The zero-order chi connectivity index (χ0) is 17.8. The van der Waals surface area contributed by atoms with E-state index in [4.69, 9.17) is 4.74 Å². The zero-order valence-corrected chi connectivity index (χ0v) is 14.3. The predicted molar refractivity (Wildman–Crippen MR) is 87.6 cm³/mol. The maximum atomic E-state index is 12.3. The quantitative estimate of drug-likeness (QED) is 0.665. The highest BCUT2D eigenvalue weighted by Gasteiger charge is 2.20. The first-order valence-corrected chi connectivity index (χ1v) is 7.96. The van der Waals surface area contributed by atoms with Gasteiger partial charge in [0, 0.05) is 13.1 Å². The van der Waals surface area contributed by atoms with Crippen LogP contribution in [0.5, 0.6) is 5.88 Å². The molecule has 0 saturated carbocycles. The highest BCUT2D eigenvalue weighted by atomic mass is 16.5. The molecule has 1 amide bonds. The van der Waals surface area contributed by atoms with Crippen LogP contribution in [0.4, 0.5) is 0 Å². The van der Waals surface area contributed by atoms with Crippen molar-refractivity contribution in [1.29, 1.82) is 0 Å². The second kappa shape index (κ2) is 7.24. The summed E-state index contributed by atoms with van der Waals surface area (Å²) < 4.78 is 8.60. The van der Waals surface area contributed by atoms with Crippen molar-refractivity contribution in [1.82, 2.24) is 39.9 Å². The van der Waals surface area contributed by atoms with Crippen molar-refractivity contribution in [2.45, 2.75) is 26.3 Å². The molecule has 3 heterocycles. The minimum atomic E-state index is -0.251.